The Bertz CT molecular complexity index is 730. The van der Waals surface area contributed by atoms with Gasteiger partial charge in [0.1, 0.15) is 0 Å². The molecule has 3 aliphatic carbocycles. The van der Waals surface area contributed by atoms with Crippen molar-refractivity contribution < 1.29 is 4.79 Å². The van der Waals surface area contributed by atoms with Gasteiger partial charge in [0, 0.05) is 48.7 Å². The summed E-state index contributed by atoms with van der Waals surface area (Å²) in [5.74, 6) is 0.277. The molecule has 3 nitrogen and oxygen atoms in total. The van der Waals surface area contributed by atoms with Crippen LogP contribution in [0.25, 0.3) is 0 Å². The summed E-state index contributed by atoms with van der Waals surface area (Å²) in [4.78, 5) is 17.8. The number of rotatable bonds is 6. The maximum Gasteiger partial charge on any atom is 0.185 e. The normalized spacial score (nSPS) is 24.5. The molecule has 3 aliphatic rings. The van der Waals surface area contributed by atoms with Crippen LogP contribution >= 0.6 is 0 Å². The summed E-state index contributed by atoms with van der Waals surface area (Å²) in [7, 11) is 0. The van der Waals surface area contributed by atoms with Crippen LogP contribution in [-0.2, 0) is 4.79 Å². The smallest absolute Gasteiger partial charge is 0.185 e. The summed E-state index contributed by atoms with van der Waals surface area (Å²) in [6, 6.07) is 0. The lowest BCUT2D eigenvalue weighted by atomic mass is 9.95. The van der Waals surface area contributed by atoms with Crippen LogP contribution in [-0.4, -0.2) is 41.8 Å². The van der Waals surface area contributed by atoms with E-state index in [1.807, 2.05) is 0 Å². The number of hydrogen-bond donors (Lipinski definition) is 0. The highest BCUT2D eigenvalue weighted by Gasteiger charge is 2.28. The quantitative estimate of drug-likeness (QED) is 0.585. The molecular formula is C25H34N2O. The van der Waals surface area contributed by atoms with Crippen molar-refractivity contribution in [3.8, 4) is 0 Å². The molecule has 0 aromatic heterocycles. The Hall–Kier alpha value is -2.29. The molecule has 0 aromatic carbocycles. The number of ketones is 1. The first-order chi connectivity index (χ1) is 13.6. The van der Waals surface area contributed by atoms with Gasteiger partial charge in [-0.1, -0.05) is 24.3 Å². The molecule has 28 heavy (non-hydrogen) atoms. The van der Waals surface area contributed by atoms with Crippen LogP contribution in [0.15, 0.2) is 70.1 Å². The van der Waals surface area contributed by atoms with Gasteiger partial charge in [-0.25, -0.2) is 0 Å². The van der Waals surface area contributed by atoms with Crippen molar-refractivity contribution in [1.82, 2.24) is 9.80 Å². The summed E-state index contributed by atoms with van der Waals surface area (Å²) in [5.41, 5.74) is 7.03. The monoisotopic (exact) mass is 378 g/mol. The lowest BCUT2D eigenvalue weighted by molar-refractivity contribution is -0.111. The van der Waals surface area contributed by atoms with Crippen molar-refractivity contribution in [1.29, 1.82) is 0 Å². The third-order valence-electron chi connectivity index (χ3n) is 6.18. The van der Waals surface area contributed by atoms with Crippen LogP contribution in [0.1, 0.15) is 53.4 Å². The molecule has 150 valence electrons. The molecule has 0 unspecified atom stereocenters. The molecule has 0 aromatic rings. The van der Waals surface area contributed by atoms with Gasteiger partial charge in [-0.05, 0) is 76.7 Å². The van der Waals surface area contributed by atoms with Gasteiger partial charge in [-0.15, -0.1) is 0 Å². The van der Waals surface area contributed by atoms with E-state index in [1.165, 1.54) is 22.5 Å². The molecule has 3 heteroatoms. The second-order valence-electron chi connectivity index (χ2n) is 7.51. The highest BCUT2D eigenvalue weighted by molar-refractivity contribution is 6.12. The van der Waals surface area contributed by atoms with Crippen LogP contribution in [0.5, 0.6) is 0 Å². The molecule has 0 amide bonds. The molecule has 0 radical (unpaired) electrons. The summed E-state index contributed by atoms with van der Waals surface area (Å²) < 4.78 is 0. The van der Waals surface area contributed by atoms with Crippen molar-refractivity contribution in [3.63, 3.8) is 0 Å². The van der Waals surface area contributed by atoms with Crippen LogP contribution in [0, 0.1) is 0 Å². The Balaban J connectivity index is 1.75. The summed E-state index contributed by atoms with van der Waals surface area (Å²) >= 11 is 0. The van der Waals surface area contributed by atoms with E-state index in [0.29, 0.717) is 0 Å². The summed E-state index contributed by atoms with van der Waals surface area (Å²) in [6.45, 7) is 12.8. The highest BCUT2D eigenvalue weighted by atomic mass is 16.1. The van der Waals surface area contributed by atoms with Crippen molar-refractivity contribution in [2.75, 3.05) is 26.2 Å². The lowest BCUT2D eigenvalue weighted by Crippen LogP contribution is -2.22. The molecule has 0 N–H and O–H groups in total. The lowest BCUT2D eigenvalue weighted by Gasteiger charge is -2.24. The SMILES string of the molecule is CCN(CC)C1=CCC(=C2CCC(=C3C=CC(N(CC)CC)=CC3)C2=O)C=C1. The molecule has 0 heterocycles. The third-order valence-corrected chi connectivity index (χ3v) is 6.18. The maximum atomic E-state index is 13.1. The van der Waals surface area contributed by atoms with E-state index in [9.17, 15) is 4.79 Å². The number of carbonyl (C=O) groups is 1. The van der Waals surface area contributed by atoms with Crippen LogP contribution < -0.4 is 0 Å². The Kier molecular flexibility index (Phi) is 6.77. The van der Waals surface area contributed by atoms with Gasteiger partial charge in [0.15, 0.2) is 5.78 Å². The number of nitrogens with zero attached hydrogens (tertiary/aromatic N) is 2. The molecule has 0 aliphatic heterocycles. The van der Waals surface area contributed by atoms with E-state index in [-0.39, 0.29) is 5.78 Å². The zero-order chi connectivity index (χ0) is 20.1. The molecule has 1 saturated carbocycles. The van der Waals surface area contributed by atoms with Crippen LogP contribution in [0.4, 0.5) is 0 Å². The zero-order valence-corrected chi connectivity index (χ0v) is 17.9. The van der Waals surface area contributed by atoms with E-state index in [1.54, 1.807) is 0 Å². The minimum atomic E-state index is 0.277. The van der Waals surface area contributed by atoms with E-state index >= 15 is 0 Å². The number of Topliss-reactive ketones (excluding diaryl/α,β-unsaturated/α-hetero) is 1. The average molecular weight is 379 g/mol. The zero-order valence-electron chi connectivity index (χ0n) is 17.9. The topological polar surface area (TPSA) is 23.6 Å². The van der Waals surface area contributed by atoms with E-state index in [0.717, 1.165) is 63.0 Å². The van der Waals surface area contributed by atoms with Crippen molar-refractivity contribution in [2.24, 2.45) is 0 Å². The summed E-state index contributed by atoms with van der Waals surface area (Å²) in [6.07, 6.45) is 16.7. The van der Waals surface area contributed by atoms with E-state index < -0.39 is 0 Å². The van der Waals surface area contributed by atoms with Crippen LogP contribution in [0.2, 0.25) is 0 Å². The second-order valence-corrected chi connectivity index (χ2v) is 7.51. The first kappa shape index (κ1) is 20.4. The van der Waals surface area contributed by atoms with Gasteiger partial charge < -0.3 is 9.80 Å². The van der Waals surface area contributed by atoms with Gasteiger partial charge in [-0.3, -0.25) is 4.79 Å². The number of carbonyl (C=O) groups excluding carboxylic acids is 1. The van der Waals surface area contributed by atoms with E-state index in [2.05, 4.69) is 74.0 Å². The fraction of sp³-hybridized carbons (Fsp3) is 0.480. The second kappa shape index (κ2) is 9.27. The fourth-order valence-electron chi connectivity index (χ4n) is 4.44. The average Bonchev–Trinajstić information content (AvgIpc) is 3.12. The molecule has 0 bridgehead atoms. The molecular weight excluding hydrogens is 344 g/mol. The Morgan fingerprint density at radius 2 is 1.07 bits per heavy atom. The predicted octanol–water partition coefficient (Wildman–Crippen LogP) is 5.31. The molecule has 0 spiro atoms. The Labute approximate surface area is 170 Å². The Morgan fingerprint density at radius 3 is 1.36 bits per heavy atom. The number of allylic oxidation sites excluding steroid dienone is 10. The molecule has 0 saturated heterocycles. The van der Waals surface area contributed by atoms with Gasteiger partial charge in [0.25, 0.3) is 0 Å². The number of likely N-dealkylation sites (N-methyl/N-ethyl adjacent to an activating group) is 2. The number of hydrogen-bond acceptors (Lipinski definition) is 3. The molecule has 0 atom stereocenters. The third kappa shape index (κ3) is 4.09. The standard InChI is InChI=1S/C25H34N2O/c1-5-26(6-2)21-13-9-19(10-14-21)23-17-18-24(25(23)28)20-11-15-22(16-12-20)27(7-3)8-4/h9,11,13-16H,5-8,10,12,17-18H2,1-4H3. The van der Waals surface area contributed by atoms with Gasteiger partial charge in [0.05, 0.1) is 0 Å². The summed E-state index contributed by atoms with van der Waals surface area (Å²) in [5, 5.41) is 0. The largest absolute Gasteiger partial charge is 0.372 e. The predicted molar refractivity (Wildman–Crippen MR) is 118 cm³/mol. The first-order valence-electron chi connectivity index (χ1n) is 10.9. The van der Waals surface area contributed by atoms with Gasteiger partial charge in [-0.2, -0.15) is 0 Å². The molecule has 1 fully saturated rings. The minimum absolute atomic E-state index is 0.277. The van der Waals surface area contributed by atoms with E-state index in [4.69, 9.17) is 0 Å². The molecule has 3 rings (SSSR count). The highest BCUT2D eigenvalue weighted by Crippen LogP contribution is 2.36. The van der Waals surface area contributed by atoms with Crippen LogP contribution in [0.3, 0.4) is 0 Å². The fourth-order valence-corrected chi connectivity index (χ4v) is 4.44. The van der Waals surface area contributed by atoms with Gasteiger partial charge in [0.2, 0.25) is 0 Å². The van der Waals surface area contributed by atoms with Crippen molar-refractivity contribution in [2.45, 2.75) is 53.4 Å². The van der Waals surface area contributed by atoms with Crippen molar-refractivity contribution >= 4 is 5.78 Å². The van der Waals surface area contributed by atoms with Gasteiger partial charge >= 0.3 is 0 Å². The Morgan fingerprint density at radius 1 is 0.679 bits per heavy atom. The first-order valence-corrected chi connectivity index (χ1v) is 10.9. The van der Waals surface area contributed by atoms with Crippen molar-refractivity contribution in [3.05, 3.63) is 70.1 Å². The minimum Gasteiger partial charge on any atom is -0.372 e. The maximum absolute atomic E-state index is 13.1.